The molecule has 0 radical (unpaired) electrons. The van der Waals surface area contributed by atoms with Crippen LogP contribution in [0.25, 0.3) is 11.3 Å². The van der Waals surface area contributed by atoms with E-state index in [1.165, 1.54) is 5.56 Å². The Kier molecular flexibility index (Phi) is 3.75. The minimum Gasteiger partial charge on any atom is -0.384 e. The number of halogens is 1. The largest absolute Gasteiger partial charge is 0.384 e. The van der Waals surface area contributed by atoms with Crippen LogP contribution in [0.3, 0.4) is 0 Å². The van der Waals surface area contributed by atoms with Crippen molar-refractivity contribution in [3.05, 3.63) is 65.2 Å². The summed E-state index contributed by atoms with van der Waals surface area (Å²) in [4.78, 5) is 8.43. The van der Waals surface area contributed by atoms with Crippen molar-refractivity contribution in [1.29, 1.82) is 0 Å². The lowest BCUT2D eigenvalue weighted by molar-refractivity contribution is 0.644. The van der Waals surface area contributed by atoms with Gasteiger partial charge in [0, 0.05) is 16.2 Å². The molecule has 1 atom stereocenters. The molecule has 2 heterocycles. The van der Waals surface area contributed by atoms with Crippen LogP contribution in [0.2, 0.25) is 0 Å². The quantitative estimate of drug-likeness (QED) is 0.785. The molecule has 0 fully saturated rings. The maximum atomic E-state index is 5.65. The first kappa shape index (κ1) is 13.8. The number of hydrogen-bond acceptors (Lipinski definition) is 3. The van der Waals surface area contributed by atoms with Crippen LogP contribution in [0.4, 0.5) is 5.82 Å². The summed E-state index contributed by atoms with van der Waals surface area (Å²) >= 11 is 3.46. The first-order chi connectivity index (χ1) is 10.1. The molecule has 3 rings (SSSR count). The van der Waals surface area contributed by atoms with E-state index < -0.39 is 0 Å². The average Bonchev–Trinajstić information content (AvgIpc) is 2.97. The number of nitrogen functional groups attached to an aromatic ring is 1. The molecule has 0 saturated heterocycles. The van der Waals surface area contributed by atoms with Crippen molar-refractivity contribution in [3.63, 3.8) is 0 Å². The average molecular weight is 343 g/mol. The van der Waals surface area contributed by atoms with Crippen molar-refractivity contribution in [2.24, 2.45) is 0 Å². The smallest absolute Gasteiger partial charge is 0.123 e. The number of nitrogens with zero attached hydrogens (tertiary/aromatic N) is 3. The van der Waals surface area contributed by atoms with Gasteiger partial charge in [-0.1, -0.05) is 28.1 Å². The number of benzene rings is 1. The first-order valence-corrected chi connectivity index (χ1v) is 7.43. The van der Waals surface area contributed by atoms with Crippen LogP contribution in [0, 0.1) is 0 Å². The number of nitrogens with two attached hydrogens (primary N) is 1. The molecule has 0 amide bonds. The van der Waals surface area contributed by atoms with Gasteiger partial charge in [0.15, 0.2) is 0 Å². The Balaban J connectivity index is 1.98. The fourth-order valence-corrected chi connectivity index (χ4v) is 2.56. The van der Waals surface area contributed by atoms with Crippen LogP contribution in [-0.2, 0) is 0 Å². The third kappa shape index (κ3) is 2.83. The second-order valence-corrected chi connectivity index (χ2v) is 5.80. The van der Waals surface area contributed by atoms with E-state index in [0.29, 0.717) is 5.82 Å². The molecule has 2 N–H and O–H groups in total. The molecule has 4 nitrogen and oxygen atoms in total. The van der Waals surface area contributed by atoms with Crippen molar-refractivity contribution in [1.82, 2.24) is 14.5 Å². The van der Waals surface area contributed by atoms with Gasteiger partial charge < -0.3 is 10.3 Å². The number of pyridine rings is 1. The van der Waals surface area contributed by atoms with Gasteiger partial charge in [-0.05, 0) is 36.8 Å². The van der Waals surface area contributed by atoms with Crippen LogP contribution in [0.15, 0.2) is 59.6 Å². The molecule has 5 heteroatoms. The molecule has 0 spiro atoms. The third-order valence-corrected chi connectivity index (χ3v) is 4.05. The molecule has 1 unspecified atom stereocenters. The Bertz CT molecular complexity index is 732. The normalized spacial score (nSPS) is 12.3. The summed E-state index contributed by atoms with van der Waals surface area (Å²) in [5.41, 5.74) is 8.90. The lowest BCUT2D eigenvalue weighted by Gasteiger charge is -2.17. The van der Waals surface area contributed by atoms with Gasteiger partial charge in [0.2, 0.25) is 0 Å². The van der Waals surface area contributed by atoms with Crippen LogP contribution in [-0.4, -0.2) is 14.5 Å². The monoisotopic (exact) mass is 342 g/mol. The Hall–Kier alpha value is -2.14. The summed E-state index contributed by atoms with van der Waals surface area (Å²) in [5.74, 6) is 0.519. The van der Waals surface area contributed by atoms with Crippen LogP contribution < -0.4 is 5.73 Å². The summed E-state index contributed by atoms with van der Waals surface area (Å²) in [7, 11) is 0. The van der Waals surface area contributed by atoms with Crippen LogP contribution in [0.1, 0.15) is 18.5 Å². The van der Waals surface area contributed by atoms with Crippen molar-refractivity contribution >= 4 is 21.7 Å². The second kappa shape index (κ2) is 5.69. The second-order valence-electron chi connectivity index (χ2n) is 4.89. The zero-order valence-electron chi connectivity index (χ0n) is 11.6. The molecule has 2 aromatic heterocycles. The fraction of sp³-hybridized carbons (Fsp3) is 0.125. The SMILES string of the molecule is CC(c1ccc(Br)cc1)n1cncc1-c1ccc(N)nc1. The van der Waals surface area contributed by atoms with E-state index in [9.17, 15) is 0 Å². The van der Waals surface area contributed by atoms with E-state index >= 15 is 0 Å². The Morgan fingerprint density at radius 3 is 2.52 bits per heavy atom. The first-order valence-electron chi connectivity index (χ1n) is 6.64. The van der Waals surface area contributed by atoms with Gasteiger partial charge in [-0.2, -0.15) is 0 Å². The lowest BCUT2D eigenvalue weighted by Crippen LogP contribution is -2.07. The van der Waals surface area contributed by atoms with Crippen LogP contribution >= 0.6 is 15.9 Å². The van der Waals surface area contributed by atoms with Gasteiger partial charge in [0.1, 0.15) is 5.82 Å². The summed E-state index contributed by atoms with van der Waals surface area (Å²) in [6, 6.07) is 12.3. The summed E-state index contributed by atoms with van der Waals surface area (Å²) < 4.78 is 3.21. The summed E-state index contributed by atoms with van der Waals surface area (Å²) in [6.07, 6.45) is 5.47. The van der Waals surface area contributed by atoms with E-state index in [2.05, 4.69) is 49.5 Å². The maximum Gasteiger partial charge on any atom is 0.123 e. The Labute approximate surface area is 131 Å². The minimum absolute atomic E-state index is 0.188. The number of hydrogen-bond donors (Lipinski definition) is 1. The van der Waals surface area contributed by atoms with Gasteiger partial charge >= 0.3 is 0 Å². The minimum atomic E-state index is 0.188. The molecule has 0 saturated carbocycles. The molecule has 0 aliphatic carbocycles. The zero-order valence-corrected chi connectivity index (χ0v) is 13.2. The van der Waals surface area contributed by atoms with Gasteiger partial charge in [0.25, 0.3) is 0 Å². The molecule has 21 heavy (non-hydrogen) atoms. The Morgan fingerprint density at radius 1 is 1.10 bits per heavy atom. The number of aromatic nitrogens is 3. The van der Waals surface area contributed by atoms with Crippen molar-refractivity contribution in [2.75, 3.05) is 5.73 Å². The molecular formula is C16H15BrN4. The Morgan fingerprint density at radius 2 is 1.86 bits per heavy atom. The van der Waals surface area contributed by atoms with E-state index in [-0.39, 0.29) is 6.04 Å². The molecule has 1 aromatic carbocycles. The van der Waals surface area contributed by atoms with Crippen molar-refractivity contribution < 1.29 is 0 Å². The molecular weight excluding hydrogens is 328 g/mol. The van der Waals surface area contributed by atoms with Crippen molar-refractivity contribution in [3.8, 4) is 11.3 Å². The molecule has 0 aliphatic heterocycles. The summed E-state index contributed by atoms with van der Waals surface area (Å²) in [6.45, 7) is 2.15. The summed E-state index contributed by atoms with van der Waals surface area (Å²) in [5, 5.41) is 0. The van der Waals surface area contributed by atoms with Crippen molar-refractivity contribution in [2.45, 2.75) is 13.0 Å². The highest BCUT2D eigenvalue weighted by Crippen LogP contribution is 2.27. The predicted molar refractivity (Wildman–Crippen MR) is 87.8 cm³/mol. The topological polar surface area (TPSA) is 56.7 Å². The van der Waals surface area contributed by atoms with Gasteiger partial charge in [0.05, 0.1) is 24.3 Å². The van der Waals surface area contributed by atoms with E-state index in [4.69, 9.17) is 5.73 Å². The van der Waals surface area contributed by atoms with Gasteiger partial charge in [-0.15, -0.1) is 0 Å². The van der Waals surface area contributed by atoms with Gasteiger partial charge in [-0.3, -0.25) is 0 Å². The molecule has 3 aromatic rings. The molecule has 0 bridgehead atoms. The molecule has 0 aliphatic rings. The zero-order chi connectivity index (χ0) is 14.8. The van der Waals surface area contributed by atoms with E-state index in [1.54, 1.807) is 12.3 Å². The highest BCUT2D eigenvalue weighted by atomic mass is 79.9. The number of imidazole rings is 1. The standard InChI is InChI=1S/C16H15BrN4/c1-11(12-2-5-14(17)6-3-12)21-10-19-9-15(21)13-4-7-16(18)20-8-13/h2-11H,1H3,(H2,18,20). The predicted octanol–water partition coefficient (Wildman–Crippen LogP) is 3.90. The van der Waals surface area contributed by atoms with E-state index in [0.717, 1.165) is 15.7 Å². The third-order valence-electron chi connectivity index (χ3n) is 3.52. The number of anilines is 1. The van der Waals surface area contributed by atoms with Crippen LogP contribution in [0.5, 0.6) is 0 Å². The highest BCUT2D eigenvalue weighted by Gasteiger charge is 2.13. The van der Waals surface area contributed by atoms with E-state index in [1.807, 2.05) is 30.7 Å². The maximum absolute atomic E-state index is 5.65. The lowest BCUT2D eigenvalue weighted by atomic mass is 10.1. The molecule has 106 valence electrons. The number of rotatable bonds is 3. The van der Waals surface area contributed by atoms with Gasteiger partial charge in [-0.25, -0.2) is 9.97 Å². The highest BCUT2D eigenvalue weighted by molar-refractivity contribution is 9.10. The fourth-order valence-electron chi connectivity index (χ4n) is 2.30.